The van der Waals surface area contributed by atoms with Gasteiger partial charge in [0, 0.05) is 31.4 Å². The molecule has 0 saturated carbocycles. The van der Waals surface area contributed by atoms with Crippen molar-refractivity contribution in [1.29, 1.82) is 0 Å². The summed E-state index contributed by atoms with van der Waals surface area (Å²) in [5.74, 6) is 0. The molecule has 74 valence electrons. The first kappa shape index (κ1) is 10.2. The molecule has 1 rings (SSSR count). The molecule has 0 aromatic carbocycles. The van der Waals surface area contributed by atoms with E-state index in [-0.39, 0.29) is 0 Å². The summed E-state index contributed by atoms with van der Waals surface area (Å²) in [6.45, 7) is 5.07. The lowest BCUT2D eigenvalue weighted by atomic mass is 10.2. The Bertz CT molecular complexity index is 244. The molecule has 0 aliphatic heterocycles. The van der Waals surface area contributed by atoms with Gasteiger partial charge in [0.15, 0.2) is 0 Å². The van der Waals surface area contributed by atoms with Crippen LogP contribution >= 0.6 is 0 Å². The SMILES string of the molecule is CNCCN(C)Cc1c[nH]nc1C. The van der Waals surface area contributed by atoms with Crippen LogP contribution in [0.25, 0.3) is 0 Å². The van der Waals surface area contributed by atoms with E-state index in [2.05, 4.69) is 27.5 Å². The van der Waals surface area contributed by atoms with Gasteiger partial charge < -0.3 is 10.2 Å². The number of likely N-dealkylation sites (N-methyl/N-ethyl adjacent to an activating group) is 2. The highest BCUT2D eigenvalue weighted by Crippen LogP contribution is 2.04. The van der Waals surface area contributed by atoms with Crippen LogP contribution in [0.5, 0.6) is 0 Å². The number of hydrogen-bond acceptors (Lipinski definition) is 3. The van der Waals surface area contributed by atoms with Gasteiger partial charge >= 0.3 is 0 Å². The van der Waals surface area contributed by atoms with Gasteiger partial charge in [0.2, 0.25) is 0 Å². The van der Waals surface area contributed by atoms with Gasteiger partial charge in [0.25, 0.3) is 0 Å². The zero-order valence-corrected chi connectivity index (χ0v) is 8.59. The third kappa shape index (κ3) is 3.16. The Balaban J connectivity index is 2.36. The van der Waals surface area contributed by atoms with Gasteiger partial charge in [0.05, 0.1) is 5.69 Å². The summed E-state index contributed by atoms with van der Waals surface area (Å²) in [6.07, 6.45) is 1.96. The van der Waals surface area contributed by atoms with Gasteiger partial charge in [-0.2, -0.15) is 5.10 Å². The fourth-order valence-corrected chi connectivity index (χ4v) is 1.22. The van der Waals surface area contributed by atoms with Crippen LogP contribution in [0.1, 0.15) is 11.3 Å². The van der Waals surface area contributed by atoms with Crippen molar-refractivity contribution in [2.45, 2.75) is 13.5 Å². The molecule has 1 heterocycles. The molecule has 1 aromatic rings. The Labute approximate surface area is 79.3 Å². The van der Waals surface area contributed by atoms with Gasteiger partial charge in [-0.05, 0) is 21.0 Å². The van der Waals surface area contributed by atoms with Crippen LogP contribution in [-0.4, -0.2) is 42.3 Å². The number of aromatic amines is 1. The maximum absolute atomic E-state index is 4.08. The highest BCUT2D eigenvalue weighted by atomic mass is 15.1. The van der Waals surface area contributed by atoms with Crippen LogP contribution in [0.15, 0.2) is 6.20 Å². The second-order valence-corrected chi connectivity index (χ2v) is 3.34. The average Bonchev–Trinajstić information content (AvgIpc) is 2.48. The van der Waals surface area contributed by atoms with Crippen LogP contribution in [0, 0.1) is 6.92 Å². The lowest BCUT2D eigenvalue weighted by Gasteiger charge is -2.15. The van der Waals surface area contributed by atoms with Gasteiger partial charge in [-0.15, -0.1) is 0 Å². The lowest BCUT2D eigenvalue weighted by Crippen LogP contribution is -2.27. The summed E-state index contributed by atoms with van der Waals surface area (Å²) >= 11 is 0. The lowest BCUT2D eigenvalue weighted by molar-refractivity contribution is 0.327. The van der Waals surface area contributed by atoms with Gasteiger partial charge in [0.1, 0.15) is 0 Å². The summed E-state index contributed by atoms with van der Waals surface area (Å²) in [4.78, 5) is 2.27. The Hall–Kier alpha value is -0.870. The van der Waals surface area contributed by atoms with E-state index >= 15 is 0 Å². The average molecular weight is 182 g/mol. The molecule has 0 radical (unpaired) electrons. The molecule has 0 bridgehead atoms. The van der Waals surface area contributed by atoms with Crippen molar-refractivity contribution in [2.75, 3.05) is 27.2 Å². The number of nitrogens with zero attached hydrogens (tertiary/aromatic N) is 2. The summed E-state index contributed by atoms with van der Waals surface area (Å²) in [5, 5.41) is 10.1. The largest absolute Gasteiger partial charge is 0.318 e. The normalized spacial score (nSPS) is 11.1. The third-order valence-corrected chi connectivity index (χ3v) is 2.12. The van der Waals surface area contributed by atoms with Crippen LogP contribution in [0.4, 0.5) is 0 Å². The maximum Gasteiger partial charge on any atom is 0.0636 e. The zero-order chi connectivity index (χ0) is 9.68. The van der Waals surface area contributed by atoms with Crippen molar-refractivity contribution in [2.24, 2.45) is 0 Å². The molecular weight excluding hydrogens is 164 g/mol. The number of aromatic nitrogens is 2. The summed E-state index contributed by atoms with van der Waals surface area (Å²) in [7, 11) is 4.08. The number of nitrogens with one attached hydrogen (secondary N) is 2. The van der Waals surface area contributed by atoms with Crippen LogP contribution in [0.2, 0.25) is 0 Å². The quantitative estimate of drug-likeness (QED) is 0.691. The summed E-state index contributed by atoms with van der Waals surface area (Å²) < 4.78 is 0. The molecule has 0 saturated heterocycles. The van der Waals surface area contributed by atoms with Crippen molar-refractivity contribution in [3.05, 3.63) is 17.5 Å². The predicted molar refractivity (Wildman–Crippen MR) is 53.6 cm³/mol. The molecule has 13 heavy (non-hydrogen) atoms. The fraction of sp³-hybridized carbons (Fsp3) is 0.667. The molecular formula is C9H18N4. The Morgan fingerprint density at radius 1 is 1.62 bits per heavy atom. The van der Waals surface area contributed by atoms with E-state index in [0.29, 0.717) is 0 Å². The van der Waals surface area contributed by atoms with Crippen molar-refractivity contribution >= 4 is 0 Å². The number of aryl methyl sites for hydroxylation is 1. The standard InChI is InChI=1S/C9H18N4/c1-8-9(6-11-12-8)7-13(3)5-4-10-2/h6,10H,4-5,7H2,1-3H3,(H,11,12). The van der Waals surface area contributed by atoms with Crippen molar-refractivity contribution in [3.63, 3.8) is 0 Å². The number of hydrogen-bond donors (Lipinski definition) is 2. The fourth-order valence-electron chi connectivity index (χ4n) is 1.22. The number of H-pyrrole nitrogens is 1. The molecule has 2 N–H and O–H groups in total. The summed E-state index contributed by atoms with van der Waals surface area (Å²) in [5.41, 5.74) is 2.37. The van der Waals surface area contributed by atoms with Gasteiger partial charge in [-0.25, -0.2) is 0 Å². The second-order valence-electron chi connectivity index (χ2n) is 3.34. The maximum atomic E-state index is 4.08. The first-order valence-corrected chi connectivity index (χ1v) is 4.56. The van der Waals surface area contributed by atoms with E-state index < -0.39 is 0 Å². The number of rotatable bonds is 5. The van der Waals surface area contributed by atoms with E-state index in [9.17, 15) is 0 Å². The molecule has 1 aromatic heterocycles. The van der Waals surface area contributed by atoms with Crippen molar-refractivity contribution in [3.8, 4) is 0 Å². The third-order valence-electron chi connectivity index (χ3n) is 2.12. The minimum absolute atomic E-state index is 0.962. The van der Waals surface area contributed by atoms with E-state index in [4.69, 9.17) is 0 Å². The van der Waals surface area contributed by atoms with E-state index in [1.165, 1.54) is 5.56 Å². The Morgan fingerprint density at radius 2 is 2.38 bits per heavy atom. The predicted octanol–water partition coefficient (Wildman–Crippen LogP) is 0.369. The molecule has 0 aliphatic rings. The van der Waals surface area contributed by atoms with Crippen molar-refractivity contribution < 1.29 is 0 Å². The Morgan fingerprint density at radius 3 is 2.92 bits per heavy atom. The zero-order valence-electron chi connectivity index (χ0n) is 8.59. The van der Waals surface area contributed by atoms with E-state index in [1.807, 2.05) is 20.2 Å². The molecule has 4 nitrogen and oxygen atoms in total. The molecule has 4 heteroatoms. The Kier molecular flexibility index (Phi) is 3.92. The second kappa shape index (κ2) is 4.99. The topological polar surface area (TPSA) is 44.0 Å². The summed E-state index contributed by atoms with van der Waals surface area (Å²) in [6, 6.07) is 0. The molecule has 0 unspecified atom stereocenters. The molecule has 0 atom stereocenters. The van der Waals surface area contributed by atoms with Gasteiger partial charge in [-0.1, -0.05) is 0 Å². The minimum Gasteiger partial charge on any atom is -0.318 e. The monoisotopic (exact) mass is 182 g/mol. The van der Waals surface area contributed by atoms with E-state index in [1.54, 1.807) is 0 Å². The highest BCUT2D eigenvalue weighted by Gasteiger charge is 2.03. The first-order valence-electron chi connectivity index (χ1n) is 4.56. The molecule has 0 spiro atoms. The van der Waals surface area contributed by atoms with Crippen molar-refractivity contribution in [1.82, 2.24) is 20.4 Å². The van der Waals surface area contributed by atoms with Gasteiger partial charge in [-0.3, -0.25) is 5.10 Å². The molecule has 0 aliphatic carbocycles. The first-order chi connectivity index (χ1) is 6.24. The highest BCUT2D eigenvalue weighted by molar-refractivity contribution is 5.13. The van der Waals surface area contributed by atoms with Crippen LogP contribution in [-0.2, 0) is 6.54 Å². The minimum atomic E-state index is 0.962. The smallest absolute Gasteiger partial charge is 0.0636 e. The van der Waals surface area contributed by atoms with Crippen LogP contribution in [0.3, 0.4) is 0 Å². The van der Waals surface area contributed by atoms with E-state index in [0.717, 1.165) is 25.3 Å². The van der Waals surface area contributed by atoms with Crippen LogP contribution < -0.4 is 5.32 Å². The molecule has 0 amide bonds. The molecule has 0 fully saturated rings.